The molecule has 0 saturated heterocycles. The minimum Gasteiger partial charge on any atom is -0.491 e. The van der Waals surface area contributed by atoms with E-state index in [1.807, 2.05) is 6.07 Å². The maximum absolute atomic E-state index is 13.7. The van der Waals surface area contributed by atoms with Crippen LogP contribution in [0.2, 0.25) is 0 Å². The van der Waals surface area contributed by atoms with Crippen molar-refractivity contribution in [2.24, 2.45) is 0 Å². The molecule has 4 nitrogen and oxygen atoms in total. The number of nitriles is 1. The minimum absolute atomic E-state index is 0.0389. The number of aliphatic hydroxyl groups is 1. The van der Waals surface area contributed by atoms with Gasteiger partial charge in [-0.3, -0.25) is 0 Å². The van der Waals surface area contributed by atoms with Gasteiger partial charge in [-0.2, -0.15) is 5.26 Å². The maximum atomic E-state index is 13.7. The van der Waals surface area contributed by atoms with E-state index in [1.54, 1.807) is 31.2 Å². The average molecular weight is 332 g/mol. The Kier molecular flexibility index (Phi) is 6.24. The van der Waals surface area contributed by atoms with Gasteiger partial charge >= 0.3 is 0 Å². The molecule has 0 spiro atoms. The van der Waals surface area contributed by atoms with Gasteiger partial charge in [0.2, 0.25) is 0 Å². The fourth-order valence-electron chi connectivity index (χ4n) is 2.15. The molecule has 0 amide bonds. The number of hydrogen-bond acceptors (Lipinski definition) is 4. The molecule has 0 aliphatic heterocycles. The first kappa shape index (κ1) is 17.9. The Labute approximate surface area is 139 Å². The number of aliphatic hydroxyl groups excluding tert-OH is 1. The second-order valence-corrected chi connectivity index (χ2v) is 5.37. The number of rotatable bonds is 7. The van der Waals surface area contributed by atoms with E-state index >= 15 is 0 Å². The minimum atomic E-state index is -0.897. The highest BCUT2D eigenvalue weighted by Gasteiger charge is 2.15. The summed E-state index contributed by atoms with van der Waals surface area (Å²) < 4.78 is 32.3. The Bertz CT molecular complexity index is 714. The summed E-state index contributed by atoms with van der Waals surface area (Å²) in [5, 5.41) is 21.6. The third-order valence-electron chi connectivity index (χ3n) is 3.53. The van der Waals surface area contributed by atoms with Crippen molar-refractivity contribution in [3.05, 3.63) is 65.2 Å². The van der Waals surface area contributed by atoms with Crippen LogP contribution in [0.3, 0.4) is 0 Å². The summed E-state index contributed by atoms with van der Waals surface area (Å²) in [5.74, 6) is -1.25. The molecule has 24 heavy (non-hydrogen) atoms. The summed E-state index contributed by atoms with van der Waals surface area (Å²) in [6.45, 7) is 1.89. The molecule has 0 aliphatic carbocycles. The average Bonchev–Trinajstić information content (AvgIpc) is 2.60. The van der Waals surface area contributed by atoms with Gasteiger partial charge in [-0.1, -0.05) is 12.1 Å². The standard InChI is InChI=1S/C18H18F2N2O2/c1-12(16-3-2-4-17(19)18(16)20)22-10-14(23)11-24-15-7-5-13(9-21)6-8-15/h2-8,12,14,22-23H,10-11H2,1H3. The lowest BCUT2D eigenvalue weighted by molar-refractivity contribution is 0.104. The smallest absolute Gasteiger partial charge is 0.163 e. The molecule has 0 heterocycles. The third-order valence-corrected chi connectivity index (χ3v) is 3.53. The van der Waals surface area contributed by atoms with Gasteiger partial charge in [0.05, 0.1) is 11.6 Å². The Morgan fingerprint density at radius 3 is 2.58 bits per heavy atom. The molecular formula is C18H18F2N2O2. The van der Waals surface area contributed by atoms with Crippen LogP contribution in [0.5, 0.6) is 5.75 Å². The summed E-state index contributed by atoms with van der Waals surface area (Å²) in [6, 6.07) is 12.1. The molecule has 0 aromatic heterocycles. The van der Waals surface area contributed by atoms with Crippen molar-refractivity contribution < 1.29 is 18.6 Å². The van der Waals surface area contributed by atoms with Crippen LogP contribution in [0.1, 0.15) is 24.1 Å². The van der Waals surface area contributed by atoms with Crippen LogP contribution < -0.4 is 10.1 Å². The van der Waals surface area contributed by atoms with Crippen LogP contribution in [0.25, 0.3) is 0 Å². The summed E-state index contributed by atoms with van der Waals surface area (Å²) in [7, 11) is 0. The molecule has 2 rings (SSSR count). The predicted molar refractivity (Wildman–Crippen MR) is 85.4 cm³/mol. The first-order valence-electron chi connectivity index (χ1n) is 7.49. The number of hydrogen-bond donors (Lipinski definition) is 2. The Morgan fingerprint density at radius 2 is 1.92 bits per heavy atom. The Hall–Kier alpha value is -2.49. The van der Waals surface area contributed by atoms with Crippen molar-refractivity contribution in [3.8, 4) is 11.8 Å². The van der Waals surface area contributed by atoms with E-state index in [2.05, 4.69) is 5.32 Å². The summed E-state index contributed by atoms with van der Waals surface area (Å²) in [4.78, 5) is 0. The lowest BCUT2D eigenvalue weighted by Crippen LogP contribution is -2.33. The highest BCUT2D eigenvalue weighted by molar-refractivity contribution is 5.34. The summed E-state index contributed by atoms with van der Waals surface area (Å²) in [5.41, 5.74) is 0.728. The molecule has 6 heteroatoms. The first-order valence-corrected chi connectivity index (χ1v) is 7.49. The van der Waals surface area contributed by atoms with E-state index in [-0.39, 0.29) is 18.7 Å². The predicted octanol–water partition coefficient (Wildman–Crippen LogP) is 2.93. The van der Waals surface area contributed by atoms with Gasteiger partial charge in [0.1, 0.15) is 18.5 Å². The highest BCUT2D eigenvalue weighted by Crippen LogP contribution is 2.18. The Balaban J connectivity index is 1.81. The molecule has 0 saturated carbocycles. The van der Waals surface area contributed by atoms with E-state index in [1.165, 1.54) is 12.1 Å². The van der Waals surface area contributed by atoms with Gasteiger partial charge in [0.15, 0.2) is 11.6 Å². The van der Waals surface area contributed by atoms with Gasteiger partial charge in [0.25, 0.3) is 0 Å². The number of benzene rings is 2. The van der Waals surface area contributed by atoms with Gasteiger partial charge in [-0.25, -0.2) is 8.78 Å². The quantitative estimate of drug-likeness (QED) is 0.818. The molecule has 0 bridgehead atoms. The summed E-state index contributed by atoms with van der Waals surface area (Å²) in [6.07, 6.45) is -0.820. The van der Waals surface area contributed by atoms with E-state index < -0.39 is 23.8 Å². The maximum Gasteiger partial charge on any atom is 0.163 e. The van der Waals surface area contributed by atoms with Crippen LogP contribution in [0.15, 0.2) is 42.5 Å². The molecule has 0 aliphatic rings. The van der Waals surface area contributed by atoms with E-state index in [9.17, 15) is 13.9 Å². The van der Waals surface area contributed by atoms with Crippen molar-refractivity contribution >= 4 is 0 Å². The SMILES string of the molecule is CC(NCC(O)COc1ccc(C#N)cc1)c1cccc(F)c1F. The molecule has 0 fully saturated rings. The normalized spacial score (nSPS) is 13.1. The fourth-order valence-corrected chi connectivity index (χ4v) is 2.15. The molecule has 2 N–H and O–H groups in total. The lowest BCUT2D eigenvalue weighted by Gasteiger charge is -2.18. The lowest BCUT2D eigenvalue weighted by atomic mass is 10.1. The highest BCUT2D eigenvalue weighted by atomic mass is 19.2. The van der Waals surface area contributed by atoms with Crippen LogP contribution in [0, 0.1) is 23.0 Å². The van der Waals surface area contributed by atoms with Crippen molar-refractivity contribution in [1.82, 2.24) is 5.32 Å². The molecule has 126 valence electrons. The zero-order chi connectivity index (χ0) is 17.5. The van der Waals surface area contributed by atoms with Gasteiger partial charge in [-0.05, 0) is 37.3 Å². The van der Waals surface area contributed by atoms with Crippen LogP contribution >= 0.6 is 0 Å². The van der Waals surface area contributed by atoms with Gasteiger partial charge < -0.3 is 15.2 Å². The van der Waals surface area contributed by atoms with E-state index in [0.29, 0.717) is 11.3 Å². The second kappa shape index (κ2) is 8.39. The molecule has 2 unspecified atom stereocenters. The Morgan fingerprint density at radius 1 is 1.21 bits per heavy atom. The largest absolute Gasteiger partial charge is 0.491 e. The van der Waals surface area contributed by atoms with Crippen molar-refractivity contribution in [3.63, 3.8) is 0 Å². The molecule has 0 radical (unpaired) electrons. The van der Waals surface area contributed by atoms with Crippen LogP contribution in [0.4, 0.5) is 8.78 Å². The van der Waals surface area contributed by atoms with Gasteiger partial charge in [0, 0.05) is 18.2 Å². The fraction of sp³-hybridized carbons (Fsp3) is 0.278. The van der Waals surface area contributed by atoms with Gasteiger partial charge in [-0.15, -0.1) is 0 Å². The summed E-state index contributed by atoms with van der Waals surface area (Å²) >= 11 is 0. The van der Waals surface area contributed by atoms with E-state index in [0.717, 1.165) is 6.07 Å². The number of halogens is 2. The molecular weight excluding hydrogens is 314 g/mol. The van der Waals surface area contributed by atoms with Crippen LogP contribution in [-0.2, 0) is 0 Å². The number of ether oxygens (including phenoxy) is 1. The second-order valence-electron chi connectivity index (χ2n) is 5.37. The monoisotopic (exact) mass is 332 g/mol. The first-order chi connectivity index (χ1) is 11.5. The van der Waals surface area contributed by atoms with Crippen molar-refractivity contribution in [1.29, 1.82) is 5.26 Å². The third kappa shape index (κ3) is 4.75. The number of nitrogens with zero attached hydrogens (tertiary/aromatic N) is 1. The zero-order valence-electron chi connectivity index (χ0n) is 13.2. The van der Waals surface area contributed by atoms with Crippen molar-refractivity contribution in [2.45, 2.75) is 19.1 Å². The number of nitrogens with one attached hydrogen (secondary N) is 1. The van der Waals surface area contributed by atoms with Crippen molar-refractivity contribution in [2.75, 3.05) is 13.2 Å². The molecule has 2 aromatic carbocycles. The zero-order valence-corrected chi connectivity index (χ0v) is 13.2. The molecule has 2 atom stereocenters. The van der Waals surface area contributed by atoms with E-state index in [4.69, 9.17) is 10.00 Å². The van der Waals surface area contributed by atoms with Crippen LogP contribution in [-0.4, -0.2) is 24.4 Å². The topological polar surface area (TPSA) is 65.3 Å². The molecule has 2 aromatic rings.